The van der Waals surface area contributed by atoms with Crippen LogP contribution in [0, 0.1) is 0 Å². The first-order valence-corrected chi connectivity index (χ1v) is 12.8. The lowest BCUT2D eigenvalue weighted by Crippen LogP contribution is -2.36. The number of carbonyl (C=O) groups is 2. The SMILES string of the molecule is COc1ccc(N2C(=O)/C(=C\c3ccco3)N=C2SCC(=O)N[C@@H](C)CCc2ccccc2)cc1Cl. The van der Waals surface area contributed by atoms with Crippen molar-refractivity contribution in [3.8, 4) is 5.75 Å². The minimum atomic E-state index is -0.341. The van der Waals surface area contributed by atoms with Crippen molar-refractivity contribution >= 4 is 52.1 Å². The van der Waals surface area contributed by atoms with Crippen molar-refractivity contribution in [2.45, 2.75) is 25.8 Å². The number of ether oxygens (including phenoxy) is 1. The molecule has 0 aliphatic carbocycles. The van der Waals surface area contributed by atoms with Gasteiger partial charge in [-0.3, -0.25) is 14.5 Å². The molecule has 1 aliphatic rings. The zero-order chi connectivity index (χ0) is 25.5. The second-order valence-corrected chi connectivity index (χ2v) is 9.53. The summed E-state index contributed by atoms with van der Waals surface area (Å²) < 4.78 is 10.6. The normalized spacial score (nSPS) is 15.2. The fourth-order valence-electron chi connectivity index (χ4n) is 3.67. The second kappa shape index (κ2) is 12.0. The lowest BCUT2D eigenvalue weighted by atomic mass is 10.1. The number of thioether (sulfide) groups is 1. The zero-order valence-corrected chi connectivity index (χ0v) is 21.5. The van der Waals surface area contributed by atoms with Crippen LogP contribution in [0.3, 0.4) is 0 Å². The van der Waals surface area contributed by atoms with Crippen LogP contribution in [0.5, 0.6) is 5.75 Å². The van der Waals surface area contributed by atoms with E-state index in [4.69, 9.17) is 20.8 Å². The number of rotatable bonds is 9. The van der Waals surface area contributed by atoms with E-state index in [1.807, 2.05) is 25.1 Å². The van der Waals surface area contributed by atoms with Gasteiger partial charge in [0.1, 0.15) is 17.2 Å². The van der Waals surface area contributed by atoms with Gasteiger partial charge in [0.2, 0.25) is 5.91 Å². The van der Waals surface area contributed by atoms with Crippen LogP contribution >= 0.6 is 23.4 Å². The summed E-state index contributed by atoms with van der Waals surface area (Å²) in [6.07, 6.45) is 4.80. The minimum Gasteiger partial charge on any atom is -0.495 e. The standard InChI is InChI=1S/C27H26ClN3O4S/c1-18(10-11-19-7-4-3-5-8-19)29-25(32)17-36-27-30-23(16-21-9-6-14-35-21)26(33)31(27)20-12-13-24(34-2)22(28)15-20/h3-9,12-16,18H,10-11,17H2,1-2H3,(H,29,32)/b23-16+/t18-/m0/s1. The molecule has 36 heavy (non-hydrogen) atoms. The molecule has 2 heterocycles. The molecule has 1 aromatic heterocycles. The molecule has 1 N–H and O–H groups in total. The zero-order valence-electron chi connectivity index (χ0n) is 19.9. The van der Waals surface area contributed by atoms with Gasteiger partial charge in [-0.1, -0.05) is 53.7 Å². The Morgan fingerprint density at radius 3 is 2.72 bits per heavy atom. The van der Waals surface area contributed by atoms with Gasteiger partial charge < -0.3 is 14.5 Å². The third kappa shape index (κ3) is 6.38. The van der Waals surface area contributed by atoms with Crippen molar-refractivity contribution in [1.82, 2.24) is 5.32 Å². The Hall–Kier alpha value is -3.49. The number of hydrogen-bond donors (Lipinski definition) is 1. The summed E-state index contributed by atoms with van der Waals surface area (Å²) in [5.74, 6) is 0.633. The summed E-state index contributed by atoms with van der Waals surface area (Å²) in [7, 11) is 1.52. The van der Waals surface area contributed by atoms with Gasteiger partial charge in [-0.15, -0.1) is 0 Å². The predicted molar refractivity (Wildman–Crippen MR) is 144 cm³/mol. The molecule has 0 unspecified atom stereocenters. The third-order valence-corrected chi connectivity index (χ3v) is 6.73. The van der Waals surface area contributed by atoms with Gasteiger partial charge in [0.15, 0.2) is 5.17 Å². The highest BCUT2D eigenvalue weighted by Crippen LogP contribution is 2.34. The van der Waals surface area contributed by atoms with Gasteiger partial charge in [0.05, 0.1) is 29.8 Å². The van der Waals surface area contributed by atoms with E-state index < -0.39 is 0 Å². The van der Waals surface area contributed by atoms with Crippen molar-refractivity contribution in [2.24, 2.45) is 4.99 Å². The van der Waals surface area contributed by atoms with Crippen molar-refractivity contribution < 1.29 is 18.7 Å². The smallest absolute Gasteiger partial charge is 0.283 e. The predicted octanol–water partition coefficient (Wildman–Crippen LogP) is 5.56. The monoisotopic (exact) mass is 523 g/mol. The highest BCUT2D eigenvalue weighted by molar-refractivity contribution is 8.14. The molecule has 9 heteroatoms. The van der Waals surface area contributed by atoms with Gasteiger partial charge in [0.25, 0.3) is 5.91 Å². The summed E-state index contributed by atoms with van der Waals surface area (Å²) in [5, 5.41) is 3.77. The Bertz CT molecular complexity index is 1280. The molecule has 1 atom stereocenters. The quantitative estimate of drug-likeness (QED) is 0.371. The van der Waals surface area contributed by atoms with Crippen LogP contribution in [0.15, 0.2) is 82.0 Å². The average molecular weight is 524 g/mol. The summed E-state index contributed by atoms with van der Waals surface area (Å²) >= 11 is 7.49. The van der Waals surface area contributed by atoms with E-state index in [0.29, 0.717) is 27.4 Å². The van der Waals surface area contributed by atoms with Crippen LogP contribution in [-0.2, 0) is 16.0 Å². The number of aliphatic imine (C=N–C) groups is 1. The van der Waals surface area contributed by atoms with E-state index in [2.05, 4.69) is 22.4 Å². The number of hydrogen-bond acceptors (Lipinski definition) is 6. The molecule has 0 radical (unpaired) electrons. The average Bonchev–Trinajstić information content (AvgIpc) is 3.50. The maximum atomic E-state index is 13.3. The Labute approximate surface area is 219 Å². The van der Waals surface area contributed by atoms with Crippen LogP contribution in [0.1, 0.15) is 24.7 Å². The fraction of sp³-hybridized carbons (Fsp3) is 0.222. The number of methoxy groups -OCH3 is 1. The summed E-state index contributed by atoms with van der Waals surface area (Å²) in [6.45, 7) is 1.98. The van der Waals surface area contributed by atoms with Crippen LogP contribution in [0.4, 0.5) is 5.69 Å². The first-order chi connectivity index (χ1) is 17.4. The largest absolute Gasteiger partial charge is 0.495 e. The number of amidine groups is 1. The Balaban J connectivity index is 1.45. The van der Waals surface area contributed by atoms with Gasteiger partial charge in [-0.05, 0) is 55.7 Å². The number of benzene rings is 2. The molecular weight excluding hydrogens is 498 g/mol. The lowest BCUT2D eigenvalue weighted by molar-refractivity contribution is -0.119. The third-order valence-electron chi connectivity index (χ3n) is 5.49. The van der Waals surface area contributed by atoms with Gasteiger partial charge in [-0.2, -0.15) is 0 Å². The molecule has 0 saturated carbocycles. The molecule has 3 aromatic rings. The maximum absolute atomic E-state index is 13.3. The van der Waals surface area contributed by atoms with Crippen molar-refractivity contribution in [1.29, 1.82) is 0 Å². The van der Waals surface area contributed by atoms with Crippen molar-refractivity contribution in [3.05, 3.63) is 89.0 Å². The number of nitrogens with one attached hydrogen (secondary N) is 1. The molecule has 186 valence electrons. The molecule has 4 rings (SSSR count). The number of nitrogens with zero attached hydrogens (tertiary/aromatic N) is 2. The first kappa shape index (κ1) is 25.6. The lowest BCUT2D eigenvalue weighted by Gasteiger charge is -2.19. The van der Waals surface area contributed by atoms with E-state index in [9.17, 15) is 9.59 Å². The van der Waals surface area contributed by atoms with E-state index in [1.165, 1.54) is 35.6 Å². The van der Waals surface area contributed by atoms with Crippen molar-refractivity contribution in [2.75, 3.05) is 17.8 Å². The van der Waals surface area contributed by atoms with E-state index in [1.54, 1.807) is 36.4 Å². The van der Waals surface area contributed by atoms with E-state index >= 15 is 0 Å². The number of anilines is 1. The van der Waals surface area contributed by atoms with Gasteiger partial charge in [-0.25, -0.2) is 4.99 Å². The molecule has 1 aliphatic heterocycles. The number of amides is 2. The molecule has 0 saturated heterocycles. The van der Waals surface area contributed by atoms with Crippen molar-refractivity contribution in [3.63, 3.8) is 0 Å². The summed E-state index contributed by atoms with van der Waals surface area (Å²) in [6, 6.07) is 18.7. The minimum absolute atomic E-state index is 0.0105. The molecule has 2 amide bonds. The maximum Gasteiger partial charge on any atom is 0.283 e. The topological polar surface area (TPSA) is 84.1 Å². The Morgan fingerprint density at radius 2 is 2.03 bits per heavy atom. The molecule has 0 fully saturated rings. The Morgan fingerprint density at radius 1 is 1.22 bits per heavy atom. The number of halogens is 1. The Kier molecular flexibility index (Phi) is 8.51. The number of carbonyl (C=O) groups excluding carboxylic acids is 2. The first-order valence-electron chi connectivity index (χ1n) is 11.4. The molecular formula is C27H26ClN3O4S. The molecule has 0 spiro atoms. The molecule has 2 aromatic carbocycles. The highest BCUT2D eigenvalue weighted by atomic mass is 35.5. The van der Waals surface area contributed by atoms with Gasteiger partial charge >= 0.3 is 0 Å². The second-order valence-electron chi connectivity index (χ2n) is 8.18. The van der Waals surface area contributed by atoms with Crippen LogP contribution < -0.4 is 15.0 Å². The number of aryl methyl sites for hydroxylation is 1. The van der Waals surface area contributed by atoms with Crippen LogP contribution in [0.2, 0.25) is 5.02 Å². The number of furan rings is 1. The van der Waals surface area contributed by atoms with E-state index in [0.717, 1.165) is 12.8 Å². The molecule has 7 nitrogen and oxygen atoms in total. The van der Waals surface area contributed by atoms with Crippen LogP contribution in [-0.4, -0.2) is 35.9 Å². The van der Waals surface area contributed by atoms with Crippen LogP contribution in [0.25, 0.3) is 6.08 Å². The van der Waals surface area contributed by atoms with E-state index in [-0.39, 0.29) is 29.3 Å². The highest BCUT2D eigenvalue weighted by Gasteiger charge is 2.33. The summed E-state index contributed by atoms with van der Waals surface area (Å²) in [4.78, 5) is 31.9. The fourth-order valence-corrected chi connectivity index (χ4v) is 4.75. The molecule has 0 bridgehead atoms. The summed E-state index contributed by atoms with van der Waals surface area (Å²) in [5.41, 5.74) is 1.96. The van der Waals surface area contributed by atoms with Gasteiger partial charge in [0, 0.05) is 12.1 Å².